The highest BCUT2D eigenvalue weighted by Gasteiger charge is 2.15. The molecule has 156 valence electrons. The highest BCUT2D eigenvalue weighted by atomic mass is 35.5. The summed E-state index contributed by atoms with van der Waals surface area (Å²) in [6.45, 7) is 3.79. The minimum Gasteiger partial charge on any atom is -0.488 e. The monoisotopic (exact) mass is 431 g/mol. The summed E-state index contributed by atoms with van der Waals surface area (Å²) in [6.07, 6.45) is 1.01. The first-order chi connectivity index (χ1) is 14.2. The van der Waals surface area contributed by atoms with Crippen LogP contribution in [0.2, 0.25) is 5.02 Å². The van der Waals surface area contributed by atoms with E-state index >= 15 is 0 Å². The highest BCUT2D eigenvalue weighted by molar-refractivity contribution is 6.30. The molecule has 0 amide bonds. The number of rotatable bonds is 7. The summed E-state index contributed by atoms with van der Waals surface area (Å²) >= 11 is 5.90. The van der Waals surface area contributed by atoms with E-state index in [4.69, 9.17) is 16.3 Å². The number of nitrogens with zero attached hydrogens (tertiary/aromatic N) is 2. The Labute approximate surface area is 176 Å². The second-order valence-electron chi connectivity index (χ2n) is 6.78. The number of carboxylic acid groups (broad SMARTS) is 1. The standard InChI is InChI=1S/C21H19ClFN3O4/c1-12(2)30-18-8-7-15(9-17(18)23)24-21-25-19(27)16(20(28)29)11-26(21)10-13-3-5-14(22)6-4-13/h3-9,11-12H,10H2,1-2H3,(H,28,29)(H,24,25,27). The van der Waals surface area contributed by atoms with E-state index in [0.29, 0.717) is 10.7 Å². The van der Waals surface area contributed by atoms with Crippen LogP contribution in [0.25, 0.3) is 0 Å². The Kier molecular flexibility index (Phi) is 6.37. The second kappa shape index (κ2) is 8.96. The van der Waals surface area contributed by atoms with Crippen LogP contribution in [0.4, 0.5) is 16.0 Å². The fraction of sp³-hybridized carbons (Fsp3) is 0.190. The number of aromatic carboxylic acids is 1. The maximum Gasteiger partial charge on any atom is 0.342 e. The number of carboxylic acids is 1. The zero-order valence-corrected chi connectivity index (χ0v) is 17.0. The molecule has 2 aromatic carbocycles. The number of halogens is 2. The largest absolute Gasteiger partial charge is 0.488 e. The maximum absolute atomic E-state index is 14.3. The molecule has 0 fully saturated rings. The lowest BCUT2D eigenvalue weighted by Gasteiger charge is -2.16. The van der Waals surface area contributed by atoms with Gasteiger partial charge < -0.3 is 19.7 Å². The van der Waals surface area contributed by atoms with Gasteiger partial charge in [-0.2, -0.15) is 4.98 Å². The van der Waals surface area contributed by atoms with Crippen LogP contribution in [0.1, 0.15) is 29.8 Å². The van der Waals surface area contributed by atoms with Crippen molar-refractivity contribution in [2.24, 2.45) is 0 Å². The van der Waals surface area contributed by atoms with Gasteiger partial charge in [-0.15, -0.1) is 0 Å². The molecular formula is C21H19ClFN3O4. The minimum absolute atomic E-state index is 0.0666. The molecule has 30 heavy (non-hydrogen) atoms. The predicted octanol–water partition coefficient (Wildman–Crippen LogP) is 4.31. The van der Waals surface area contributed by atoms with Crippen molar-refractivity contribution >= 4 is 29.2 Å². The van der Waals surface area contributed by atoms with Gasteiger partial charge in [0.15, 0.2) is 11.6 Å². The van der Waals surface area contributed by atoms with Gasteiger partial charge in [0.1, 0.15) is 5.56 Å². The molecule has 0 saturated heterocycles. The Morgan fingerprint density at radius 1 is 1.27 bits per heavy atom. The first-order valence-electron chi connectivity index (χ1n) is 9.05. The van der Waals surface area contributed by atoms with Gasteiger partial charge in [0.05, 0.1) is 12.6 Å². The van der Waals surface area contributed by atoms with E-state index in [0.717, 1.165) is 5.56 Å². The van der Waals surface area contributed by atoms with Crippen LogP contribution in [0.5, 0.6) is 5.75 Å². The lowest BCUT2D eigenvalue weighted by atomic mass is 10.2. The summed E-state index contributed by atoms with van der Waals surface area (Å²) < 4.78 is 21.1. The van der Waals surface area contributed by atoms with Crippen LogP contribution >= 0.6 is 11.6 Å². The SMILES string of the molecule is CC(C)Oc1ccc(Nc2nc(=O)c(C(=O)O)cn2Cc2ccc(Cl)cc2)cc1F. The number of carbonyl (C=O) groups is 1. The first-order valence-corrected chi connectivity index (χ1v) is 9.43. The number of nitrogens with one attached hydrogen (secondary N) is 1. The molecule has 1 aromatic heterocycles. The molecule has 0 aliphatic carbocycles. The number of hydrogen-bond donors (Lipinski definition) is 2. The predicted molar refractivity (Wildman–Crippen MR) is 111 cm³/mol. The number of anilines is 2. The number of hydrogen-bond acceptors (Lipinski definition) is 5. The number of ether oxygens (including phenoxy) is 1. The zero-order valence-electron chi connectivity index (χ0n) is 16.2. The molecule has 0 saturated carbocycles. The van der Waals surface area contributed by atoms with Crippen molar-refractivity contribution in [2.45, 2.75) is 26.5 Å². The van der Waals surface area contributed by atoms with E-state index in [1.54, 1.807) is 44.2 Å². The first kappa shape index (κ1) is 21.3. The second-order valence-corrected chi connectivity index (χ2v) is 7.22. The van der Waals surface area contributed by atoms with Gasteiger partial charge in [0.2, 0.25) is 5.95 Å². The van der Waals surface area contributed by atoms with E-state index in [2.05, 4.69) is 10.3 Å². The Morgan fingerprint density at radius 2 is 1.97 bits per heavy atom. The smallest absolute Gasteiger partial charge is 0.342 e. The fourth-order valence-electron chi connectivity index (χ4n) is 2.70. The lowest BCUT2D eigenvalue weighted by Crippen LogP contribution is -2.23. The van der Waals surface area contributed by atoms with Gasteiger partial charge in [-0.1, -0.05) is 23.7 Å². The number of benzene rings is 2. The average molecular weight is 432 g/mol. The molecule has 0 radical (unpaired) electrons. The topological polar surface area (TPSA) is 93.4 Å². The summed E-state index contributed by atoms with van der Waals surface area (Å²) in [4.78, 5) is 27.3. The Morgan fingerprint density at radius 3 is 2.57 bits per heavy atom. The molecule has 3 aromatic rings. The van der Waals surface area contributed by atoms with Crippen molar-refractivity contribution in [2.75, 3.05) is 5.32 Å². The minimum atomic E-state index is -1.38. The molecule has 0 aliphatic rings. The Hall–Kier alpha value is -3.39. The van der Waals surface area contributed by atoms with E-state index < -0.39 is 22.9 Å². The van der Waals surface area contributed by atoms with E-state index in [9.17, 15) is 19.1 Å². The highest BCUT2D eigenvalue weighted by Crippen LogP contribution is 2.24. The van der Waals surface area contributed by atoms with E-state index in [-0.39, 0.29) is 24.3 Å². The molecule has 9 heteroatoms. The summed E-state index contributed by atoms with van der Waals surface area (Å²) in [6, 6.07) is 11.2. The quantitative estimate of drug-likeness (QED) is 0.579. The molecule has 0 atom stereocenters. The molecular weight excluding hydrogens is 413 g/mol. The molecule has 0 unspecified atom stereocenters. The van der Waals surface area contributed by atoms with E-state index in [1.807, 2.05) is 0 Å². The molecule has 3 rings (SSSR count). The van der Waals surface area contributed by atoms with Crippen molar-refractivity contribution in [3.8, 4) is 5.75 Å². The van der Waals surface area contributed by atoms with Crippen LogP contribution < -0.4 is 15.6 Å². The van der Waals surface area contributed by atoms with Crippen molar-refractivity contribution in [1.82, 2.24) is 9.55 Å². The van der Waals surface area contributed by atoms with E-state index in [1.165, 1.54) is 22.9 Å². The zero-order chi connectivity index (χ0) is 21.8. The third-order valence-corrected chi connectivity index (χ3v) is 4.29. The molecule has 2 N–H and O–H groups in total. The van der Waals surface area contributed by atoms with Gasteiger partial charge >= 0.3 is 5.97 Å². The fourth-order valence-corrected chi connectivity index (χ4v) is 2.83. The third-order valence-electron chi connectivity index (χ3n) is 4.04. The maximum atomic E-state index is 14.3. The molecule has 1 heterocycles. The summed E-state index contributed by atoms with van der Waals surface area (Å²) in [5, 5.41) is 12.7. The van der Waals surface area contributed by atoms with Gasteiger partial charge in [-0.05, 0) is 43.7 Å². The Balaban J connectivity index is 1.97. The molecule has 0 bridgehead atoms. The Bertz CT molecular complexity index is 1130. The van der Waals surface area contributed by atoms with Gasteiger partial charge in [-0.3, -0.25) is 4.79 Å². The van der Waals surface area contributed by atoms with Crippen LogP contribution in [0.3, 0.4) is 0 Å². The normalized spacial score (nSPS) is 10.8. The van der Waals surface area contributed by atoms with Crippen molar-refractivity contribution in [3.63, 3.8) is 0 Å². The summed E-state index contributed by atoms with van der Waals surface area (Å²) in [5.74, 6) is -1.80. The van der Waals surface area contributed by atoms with Crippen LogP contribution in [0.15, 0.2) is 53.5 Å². The number of aromatic nitrogens is 2. The van der Waals surface area contributed by atoms with Crippen LogP contribution in [0, 0.1) is 5.82 Å². The van der Waals surface area contributed by atoms with Gasteiger partial charge in [-0.25, -0.2) is 9.18 Å². The van der Waals surface area contributed by atoms with Crippen molar-refractivity contribution < 1.29 is 19.0 Å². The van der Waals surface area contributed by atoms with Gasteiger partial charge in [0, 0.05) is 23.0 Å². The summed E-state index contributed by atoms with van der Waals surface area (Å²) in [5.41, 5.74) is -0.251. The molecule has 7 nitrogen and oxygen atoms in total. The third kappa shape index (κ3) is 5.15. The molecule has 0 aliphatic heterocycles. The van der Waals surface area contributed by atoms with Crippen LogP contribution in [-0.2, 0) is 6.54 Å². The van der Waals surface area contributed by atoms with Crippen molar-refractivity contribution in [3.05, 3.63) is 81.0 Å². The summed E-state index contributed by atoms with van der Waals surface area (Å²) in [7, 11) is 0. The lowest BCUT2D eigenvalue weighted by molar-refractivity contribution is 0.0694. The van der Waals surface area contributed by atoms with Crippen molar-refractivity contribution in [1.29, 1.82) is 0 Å². The average Bonchev–Trinajstić information content (AvgIpc) is 2.67. The van der Waals surface area contributed by atoms with Crippen LogP contribution in [-0.4, -0.2) is 26.7 Å². The molecule has 0 spiro atoms. The van der Waals surface area contributed by atoms with Gasteiger partial charge in [0.25, 0.3) is 5.56 Å².